The van der Waals surface area contributed by atoms with Crippen molar-refractivity contribution in [1.82, 2.24) is 10.3 Å². The molecule has 0 aliphatic heterocycles. The van der Waals surface area contributed by atoms with Crippen molar-refractivity contribution < 1.29 is 17.9 Å². The Bertz CT molecular complexity index is 1110. The van der Waals surface area contributed by atoms with Crippen molar-refractivity contribution in [2.45, 2.75) is 24.8 Å². The van der Waals surface area contributed by atoms with E-state index in [1.807, 2.05) is 13.8 Å². The molecule has 0 bridgehead atoms. The molecule has 7 nitrogen and oxygen atoms in total. The van der Waals surface area contributed by atoms with E-state index < -0.39 is 10.0 Å². The summed E-state index contributed by atoms with van der Waals surface area (Å²) in [5, 5.41) is 2.79. The first-order chi connectivity index (χ1) is 14.2. The third-order valence-corrected chi connectivity index (χ3v) is 5.80. The van der Waals surface area contributed by atoms with Crippen molar-refractivity contribution in [2.75, 3.05) is 4.72 Å². The monoisotopic (exact) mass is 489 g/mol. The van der Waals surface area contributed by atoms with Crippen LogP contribution < -0.4 is 14.8 Å². The number of pyridine rings is 1. The number of hydrogen-bond acceptors (Lipinski definition) is 5. The van der Waals surface area contributed by atoms with Crippen molar-refractivity contribution in [3.05, 3.63) is 76.9 Å². The summed E-state index contributed by atoms with van der Waals surface area (Å²) in [4.78, 5) is 16.2. The lowest BCUT2D eigenvalue weighted by Crippen LogP contribution is -2.30. The summed E-state index contributed by atoms with van der Waals surface area (Å²) < 4.78 is 33.9. The molecule has 1 aromatic heterocycles. The van der Waals surface area contributed by atoms with Gasteiger partial charge in [0, 0.05) is 28.5 Å². The maximum atomic E-state index is 12.4. The molecule has 30 heavy (non-hydrogen) atoms. The van der Waals surface area contributed by atoms with Gasteiger partial charge in [-0.2, -0.15) is 0 Å². The fraction of sp³-hybridized carbons (Fsp3) is 0.143. The van der Waals surface area contributed by atoms with Gasteiger partial charge in [-0.3, -0.25) is 9.52 Å². The second-order valence-corrected chi connectivity index (χ2v) is 9.30. The molecule has 0 spiro atoms. The van der Waals surface area contributed by atoms with Gasteiger partial charge in [0.2, 0.25) is 5.88 Å². The minimum Gasteiger partial charge on any atom is -0.439 e. The van der Waals surface area contributed by atoms with E-state index in [4.69, 9.17) is 4.74 Å². The summed E-state index contributed by atoms with van der Waals surface area (Å²) in [5.74, 6) is 0.597. The molecule has 2 N–H and O–H groups in total. The third kappa shape index (κ3) is 5.80. The second-order valence-electron chi connectivity index (χ2n) is 6.70. The number of sulfonamides is 1. The molecule has 9 heteroatoms. The first kappa shape index (κ1) is 21.8. The highest BCUT2D eigenvalue weighted by Crippen LogP contribution is 2.24. The lowest BCUT2D eigenvalue weighted by molar-refractivity contribution is 0.0942. The maximum absolute atomic E-state index is 12.4. The Kier molecular flexibility index (Phi) is 6.73. The van der Waals surface area contributed by atoms with E-state index in [0.29, 0.717) is 22.9 Å². The number of amides is 1. The summed E-state index contributed by atoms with van der Waals surface area (Å²) in [7, 11) is -3.69. The van der Waals surface area contributed by atoms with Gasteiger partial charge in [0.05, 0.1) is 10.5 Å². The van der Waals surface area contributed by atoms with Crippen molar-refractivity contribution in [3.63, 3.8) is 0 Å². The molecule has 0 aliphatic rings. The number of anilines is 1. The van der Waals surface area contributed by atoms with Crippen LogP contribution in [0.2, 0.25) is 0 Å². The number of nitrogens with zero attached hydrogens (tertiary/aromatic N) is 1. The molecule has 3 aromatic rings. The molecule has 0 saturated heterocycles. The van der Waals surface area contributed by atoms with Crippen LogP contribution in [-0.4, -0.2) is 25.4 Å². The Morgan fingerprint density at radius 3 is 2.23 bits per heavy atom. The number of halogens is 1. The molecular weight excluding hydrogens is 470 g/mol. The fourth-order valence-electron chi connectivity index (χ4n) is 2.46. The average molecular weight is 490 g/mol. The summed E-state index contributed by atoms with van der Waals surface area (Å²) in [6.45, 7) is 3.76. The van der Waals surface area contributed by atoms with Crippen LogP contribution in [0, 0.1) is 0 Å². The molecule has 0 atom stereocenters. The zero-order chi connectivity index (χ0) is 21.7. The maximum Gasteiger partial charge on any atom is 0.261 e. The molecule has 0 saturated carbocycles. The van der Waals surface area contributed by atoms with Crippen LogP contribution >= 0.6 is 15.9 Å². The quantitative estimate of drug-likeness (QED) is 0.506. The van der Waals surface area contributed by atoms with E-state index in [1.165, 1.54) is 18.3 Å². The third-order valence-electron chi connectivity index (χ3n) is 3.87. The average Bonchev–Trinajstić information content (AvgIpc) is 2.69. The van der Waals surface area contributed by atoms with E-state index in [9.17, 15) is 13.2 Å². The summed E-state index contributed by atoms with van der Waals surface area (Å²) in [6, 6.07) is 16.1. The molecule has 1 amide bonds. The summed E-state index contributed by atoms with van der Waals surface area (Å²) in [5.41, 5.74) is 0.840. The standard InChI is InChI=1S/C21H20BrN3O4S/c1-14(2)24-21(26)15-3-12-20(23-13-15)29-18-8-6-17(7-9-18)25-30(27,28)19-10-4-16(22)5-11-19/h3-14,25H,1-2H3,(H,24,26). The number of benzene rings is 2. The van der Waals surface area contributed by atoms with Gasteiger partial charge < -0.3 is 10.1 Å². The Morgan fingerprint density at radius 1 is 1.00 bits per heavy atom. The lowest BCUT2D eigenvalue weighted by Gasteiger charge is -2.10. The van der Waals surface area contributed by atoms with E-state index >= 15 is 0 Å². The van der Waals surface area contributed by atoms with Gasteiger partial charge in [-0.1, -0.05) is 15.9 Å². The van der Waals surface area contributed by atoms with Crippen molar-refractivity contribution in [2.24, 2.45) is 0 Å². The molecule has 0 radical (unpaired) electrons. The number of aromatic nitrogens is 1. The number of carbonyl (C=O) groups excluding carboxylic acids is 1. The summed E-state index contributed by atoms with van der Waals surface area (Å²) >= 11 is 3.28. The fourth-order valence-corrected chi connectivity index (χ4v) is 3.78. The highest BCUT2D eigenvalue weighted by molar-refractivity contribution is 9.10. The molecule has 1 heterocycles. The molecule has 0 fully saturated rings. The molecular formula is C21H20BrN3O4S. The normalized spacial score (nSPS) is 11.2. The number of ether oxygens (including phenoxy) is 1. The van der Waals surface area contributed by atoms with Crippen molar-refractivity contribution >= 4 is 37.5 Å². The van der Waals surface area contributed by atoms with Gasteiger partial charge in [0.15, 0.2) is 0 Å². The largest absolute Gasteiger partial charge is 0.439 e. The zero-order valence-electron chi connectivity index (χ0n) is 16.3. The Hall–Kier alpha value is -2.91. The van der Waals surface area contributed by atoms with Gasteiger partial charge in [-0.05, 0) is 68.4 Å². The van der Waals surface area contributed by atoms with E-state index in [0.717, 1.165) is 4.47 Å². The Morgan fingerprint density at radius 2 is 1.67 bits per heavy atom. The Balaban J connectivity index is 1.64. The van der Waals surface area contributed by atoms with Crippen molar-refractivity contribution in [3.8, 4) is 11.6 Å². The molecule has 2 aromatic carbocycles. The SMILES string of the molecule is CC(C)NC(=O)c1ccc(Oc2ccc(NS(=O)(=O)c3ccc(Br)cc3)cc2)nc1. The Labute approximate surface area is 183 Å². The van der Waals surface area contributed by atoms with Crippen LogP contribution in [0.15, 0.2) is 76.2 Å². The zero-order valence-corrected chi connectivity index (χ0v) is 18.7. The number of hydrogen-bond donors (Lipinski definition) is 2. The predicted octanol–water partition coefficient (Wildman–Crippen LogP) is 4.58. The van der Waals surface area contributed by atoms with Crippen LogP contribution in [-0.2, 0) is 10.0 Å². The first-order valence-electron chi connectivity index (χ1n) is 9.06. The topological polar surface area (TPSA) is 97.4 Å². The van der Waals surface area contributed by atoms with Crippen molar-refractivity contribution in [1.29, 1.82) is 0 Å². The lowest BCUT2D eigenvalue weighted by atomic mass is 10.2. The van der Waals surface area contributed by atoms with Gasteiger partial charge in [-0.15, -0.1) is 0 Å². The first-order valence-corrected chi connectivity index (χ1v) is 11.3. The molecule has 156 valence electrons. The highest BCUT2D eigenvalue weighted by Gasteiger charge is 2.14. The van der Waals surface area contributed by atoms with E-state index in [-0.39, 0.29) is 16.8 Å². The van der Waals surface area contributed by atoms with Crippen LogP contribution in [0.4, 0.5) is 5.69 Å². The minimum absolute atomic E-state index is 0.0353. The van der Waals surface area contributed by atoms with Gasteiger partial charge in [-0.25, -0.2) is 13.4 Å². The highest BCUT2D eigenvalue weighted by atomic mass is 79.9. The van der Waals surface area contributed by atoms with Gasteiger partial charge in [0.1, 0.15) is 5.75 Å². The number of carbonyl (C=O) groups is 1. The molecule has 0 unspecified atom stereocenters. The van der Waals surface area contributed by atoms with Crippen LogP contribution in [0.25, 0.3) is 0 Å². The van der Waals surface area contributed by atoms with Gasteiger partial charge in [0.25, 0.3) is 15.9 Å². The van der Waals surface area contributed by atoms with Crippen LogP contribution in [0.1, 0.15) is 24.2 Å². The molecule has 3 rings (SSSR count). The van der Waals surface area contributed by atoms with Crippen LogP contribution in [0.5, 0.6) is 11.6 Å². The minimum atomic E-state index is -3.69. The van der Waals surface area contributed by atoms with E-state index in [2.05, 4.69) is 31.0 Å². The smallest absolute Gasteiger partial charge is 0.261 e. The predicted molar refractivity (Wildman–Crippen MR) is 118 cm³/mol. The number of nitrogens with one attached hydrogen (secondary N) is 2. The van der Waals surface area contributed by atoms with Crippen LogP contribution in [0.3, 0.4) is 0 Å². The van der Waals surface area contributed by atoms with Gasteiger partial charge >= 0.3 is 0 Å². The summed E-state index contributed by atoms with van der Waals surface area (Å²) in [6.07, 6.45) is 1.44. The molecule has 0 aliphatic carbocycles. The number of rotatable bonds is 7. The second kappa shape index (κ2) is 9.27. The van der Waals surface area contributed by atoms with E-state index in [1.54, 1.807) is 48.5 Å².